The van der Waals surface area contributed by atoms with E-state index in [0.717, 1.165) is 5.56 Å². The van der Waals surface area contributed by atoms with Gasteiger partial charge in [-0.15, -0.1) is 0 Å². The van der Waals surface area contributed by atoms with Gasteiger partial charge < -0.3 is 5.11 Å². The number of carbonyl (C=O) groups excluding carboxylic acids is 2. The number of benzene rings is 3. The molecule has 1 N–H and O–H groups in total. The molecule has 0 saturated heterocycles. The second kappa shape index (κ2) is 9.33. The fourth-order valence-corrected chi connectivity index (χ4v) is 5.80. The van der Waals surface area contributed by atoms with Crippen molar-refractivity contribution in [2.24, 2.45) is 0 Å². The van der Waals surface area contributed by atoms with Gasteiger partial charge in [-0.05, 0) is 59.9 Å². The van der Waals surface area contributed by atoms with Crippen LogP contribution in [-0.4, -0.2) is 22.8 Å². The number of aromatic carboxylic acids is 1. The number of carboxylic acid groups (broad SMARTS) is 1. The van der Waals surface area contributed by atoms with E-state index in [1.807, 2.05) is 30.3 Å². The zero-order valence-corrected chi connectivity index (χ0v) is 20.1. The van der Waals surface area contributed by atoms with E-state index in [4.69, 9.17) is 23.2 Å². The van der Waals surface area contributed by atoms with Crippen LogP contribution < -0.4 is 4.90 Å². The lowest BCUT2D eigenvalue weighted by Gasteiger charge is -2.41. The predicted molar refractivity (Wildman–Crippen MR) is 135 cm³/mol. The normalized spacial score (nSPS) is 20.1. The number of carboxylic acids is 1. The molecule has 2 unspecified atom stereocenters. The van der Waals surface area contributed by atoms with Crippen LogP contribution >= 0.6 is 23.2 Å². The number of hydrogen-bond donors (Lipinski definition) is 1. The molecule has 2 atom stereocenters. The third-order valence-corrected chi connectivity index (χ3v) is 7.38. The SMILES string of the molecule is O=C1CC(c2ccccc2)CC2=C1C(c1c(Cl)cccc1Cl)CC(=O)N2c1ccc(C(=O)O)cc1. The van der Waals surface area contributed by atoms with Gasteiger partial charge in [0.2, 0.25) is 5.91 Å². The molecule has 2 aliphatic rings. The van der Waals surface area contributed by atoms with E-state index in [-0.39, 0.29) is 29.6 Å². The van der Waals surface area contributed by atoms with Crippen LogP contribution in [-0.2, 0) is 9.59 Å². The van der Waals surface area contributed by atoms with Crippen LogP contribution in [0.4, 0.5) is 5.69 Å². The van der Waals surface area contributed by atoms with E-state index in [0.29, 0.717) is 45.4 Å². The molecule has 1 amide bonds. The Bertz CT molecular complexity index is 1350. The fourth-order valence-electron chi connectivity index (χ4n) is 5.14. The minimum absolute atomic E-state index is 0.0325. The van der Waals surface area contributed by atoms with Crippen molar-refractivity contribution in [3.8, 4) is 0 Å². The van der Waals surface area contributed by atoms with E-state index in [9.17, 15) is 19.5 Å². The molecule has 0 radical (unpaired) electrons. The van der Waals surface area contributed by atoms with Gasteiger partial charge in [0.25, 0.3) is 0 Å². The molecule has 0 aromatic heterocycles. The molecule has 35 heavy (non-hydrogen) atoms. The number of rotatable bonds is 4. The monoisotopic (exact) mass is 505 g/mol. The number of halogens is 2. The molecule has 0 fully saturated rings. The zero-order chi connectivity index (χ0) is 24.7. The molecule has 3 aromatic carbocycles. The average Bonchev–Trinajstić information content (AvgIpc) is 2.84. The summed E-state index contributed by atoms with van der Waals surface area (Å²) in [5.41, 5.74) is 3.43. The molecular weight excluding hydrogens is 485 g/mol. The molecular formula is C28H21Cl2NO4. The Morgan fingerprint density at radius 2 is 1.49 bits per heavy atom. The number of amides is 1. The standard InChI is InChI=1S/C28H21Cl2NO4/c29-21-7-4-8-22(30)26(21)20-15-25(33)31(19-11-9-17(10-12-19)28(34)35)23-13-18(14-24(32)27(20)23)16-5-2-1-3-6-16/h1-12,18,20H,13-15H2,(H,34,35). The van der Waals surface area contributed by atoms with Gasteiger partial charge in [0.05, 0.1) is 5.56 Å². The van der Waals surface area contributed by atoms with E-state index in [2.05, 4.69) is 0 Å². The van der Waals surface area contributed by atoms with Gasteiger partial charge in [0.1, 0.15) is 0 Å². The maximum Gasteiger partial charge on any atom is 0.335 e. The molecule has 1 aliphatic carbocycles. The van der Waals surface area contributed by atoms with Gasteiger partial charge in [-0.3, -0.25) is 14.5 Å². The quantitative estimate of drug-likeness (QED) is 0.432. The minimum Gasteiger partial charge on any atom is -0.478 e. The molecule has 5 rings (SSSR count). The molecule has 176 valence electrons. The first-order valence-corrected chi connectivity index (χ1v) is 12.0. The summed E-state index contributed by atoms with van der Waals surface area (Å²) in [6.07, 6.45) is 0.836. The Morgan fingerprint density at radius 1 is 0.829 bits per heavy atom. The van der Waals surface area contributed by atoms with Crippen molar-refractivity contribution < 1.29 is 19.5 Å². The van der Waals surface area contributed by atoms with Crippen LogP contribution in [0.25, 0.3) is 0 Å². The first kappa shape index (κ1) is 23.3. The molecule has 1 heterocycles. The summed E-state index contributed by atoms with van der Waals surface area (Å²) in [4.78, 5) is 40.2. The summed E-state index contributed by atoms with van der Waals surface area (Å²) in [6.45, 7) is 0. The lowest BCUT2D eigenvalue weighted by Crippen LogP contribution is -2.42. The third-order valence-electron chi connectivity index (χ3n) is 6.72. The Labute approximate surface area is 212 Å². The predicted octanol–water partition coefficient (Wildman–Crippen LogP) is 6.61. The topological polar surface area (TPSA) is 74.7 Å². The molecule has 7 heteroatoms. The lowest BCUT2D eigenvalue weighted by atomic mass is 9.72. The third kappa shape index (κ3) is 4.26. The molecule has 0 spiro atoms. The van der Waals surface area contributed by atoms with Crippen LogP contribution in [0.1, 0.15) is 52.6 Å². The number of hydrogen-bond acceptors (Lipinski definition) is 3. The number of ketones is 1. The second-order valence-electron chi connectivity index (χ2n) is 8.77. The zero-order valence-electron chi connectivity index (χ0n) is 18.6. The van der Waals surface area contributed by atoms with Crippen molar-refractivity contribution in [3.63, 3.8) is 0 Å². The van der Waals surface area contributed by atoms with Gasteiger partial charge in [-0.2, -0.15) is 0 Å². The van der Waals surface area contributed by atoms with E-state index in [1.54, 1.807) is 35.2 Å². The smallest absolute Gasteiger partial charge is 0.335 e. The number of carbonyl (C=O) groups is 3. The minimum atomic E-state index is -1.05. The largest absolute Gasteiger partial charge is 0.478 e. The van der Waals surface area contributed by atoms with Crippen molar-refractivity contribution >= 4 is 46.5 Å². The van der Waals surface area contributed by atoms with E-state index < -0.39 is 11.9 Å². The second-order valence-corrected chi connectivity index (χ2v) is 9.59. The maximum absolute atomic E-state index is 13.7. The number of Topliss-reactive ketones (excluding diaryl/α,β-unsaturated/α-hetero) is 1. The van der Waals surface area contributed by atoms with Crippen LogP contribution in [0.15, 0.2) is 84.1 Å². The van der Waals surface area contributed by atoms with Crippen molar-refractivity contribution in [2.45, 2.75) is 31.1 Å². The summed E-state index contributed by atoms with van der Waals surface area (Å²) in [5.74, 6) is -1.92. The van der Waals surface area contributed by atoms with E-state index >= 15 is 0 Å². The number of anilines is 1. The van der Waals surface area contributed by atoms with Crippen LogP contribution in [0.2, 0.25) is 10.0 Å². The average molecular weight is 506 g/mol. The Balaban J connectivity index is 1.67. The van der Waals surface area contributed by atoms with Gasteiger partial charge >= 0.3 is 5.97 Å². The van der Waals surface area contributed by atoms with Crippen LogP contribution in [0.5, 0.6) is 0 Å². The van der Waals surface area contributed by atoms with E-state index in [1.165, 1.54) is 12.1 Å². The first-order chi connectivity index (χ1) is 16.8. The first-order valence-electron chi connectivity index (χ1n) is 11.3. The van der Waals surface area contributed by atoms with Gasteiger partial charge in [-0.25, -0.2) is 4.79 Å². The molecule has 5 nitrogen and oxygen atoms in total. The van der Waals surface area contributed by atoms with Crippen molar-refractivity contribution in [3.05, 3.63) is 111 Å². The summed E-state index contributed by atoms with van der Waals surface area (Å²) < 4.78 is 0. The fraction of sp³-hybridized carbons (Fsp3) is 0.179. The summed E-state index contributed by atoms with van der Waals surface area (Å²) >= 11 is 13.0. The van der Waals surface area contributed by atoms with Crippen molar-refractivity contribution in [1.29, 1.82) is 0 Å². The summed E-state index contributed by atoms with van der Waals surface area (Å²) in [5, 5.41) is 10.1. The summed E-state index contributed by atoms with van der Waals surface area (Å²) in [6, 6.07) is 21.1. The maximum atomic E-state index is 13.7. The highest BCUT2D eigenvalue weighted by Gasteiger charge is 2.43. The highest BCUT2D eigenvalue weighted by molar-refractivity contribution is 6.36. The van der Waals surface area contributed by atoms with Gasteiger partial charge in [0, 0.05) is 45.8 Å². The molecule has 3 aromatic rings. The van der Waals surface area contributed by atoms with Crippen LogP contribution in [0, 0.1) is 0 Å². The van der Waals surface area contributed by atoms with Gasteiger partial charge in [0.15, 0.2) is 5.78 Å². The molecule has 1 aliphatic heterocycles. The van der Waals surface area contributed by atoms with Crippen molar-refractivity contribution in [1.82, 2.24) is 0 Å². The Kier molecular flexibility index (Phi) is 6.22. The highest BCUT2D eigenvalue weighted by Crippen LogP contribution is 2.49. The summed E-state index contributed by atoms with van der Waals surface area (Å²) in [7, 11) is 0. The van der Waals surface area contributed by atoms with Crippen molar-refractivity contribution in [2.75, 3.05) is 4.90 Å². The Hall–Kier alpha value is -3.41. The number of allylic oxidation sites excluding steroid dienone is 2. The lowest BCUT2D eigenvalue weighted by molar-refractivity contribution is -0.120. The molecule has 0 saturated carbocycles. The highest BCUT2D eigenvalue weighted by atomic mass is 35.5. The number of nitrogens with zero attached hydrogens (tertiary/aromatic N) is 1. The molecule has 0 bridgehead atoms. The Morgan fingerprint density at radius 3 is 2.11 bits per heavy atom. The van der Waals surface area contributed by atoms with Crippen LogP contribution in [0.3, 0.4) is 0 Å². The van der Waals surface area contributed by atoms with Gasteiger partial charge in [-0.1, -0.05) is 59.6 Å².